The molecule has 41 heavy (non-hydrogen) atoms. The van der Waals surface area contributed by atoms with Gasteiger partial charge in [0.1, 0.15) is 5.82 Å². The van der Waals surface area contributed by atoms with Crippen molar-refractivity contribution in [3.8, 4) is 22.3 Å². The van der Waals surface area contributed by atoms with E-state index in [1.807, 2.05) is 31.2 Å². The van der Waals surface area contributed by atoms with Crippen molar-refractivity contribution < 1.29 is 17.9 Å². The Bertz CT molecular complexity index is 1260. The molecule has 1 fully saturated rings. The van der Waals surface area contributed by atoms with Crippen LogP contribution in [-0.2, 0) is 11.2 Å². The van der Waals surface area contributed by atoms with Crippen LogP contribution in [0.15, 0.2) is 66.7 Å². The minimum absolute atomic E-state index is 0.213. The summed E-state index contributed by atoms with van der Waals surface area (Å²) in [5, 5.41) is 0. The second-order valence-electron chi connectivity index (χ2n) is 11.4. The molecule has 1 saturated heterocycles. The van der Waals surface area contributed by atoms with Gasteiger partial charge in [0, 0.05) is 17.0 Å². The monoisotopic (exact) mass is 562 g/mol. The van der Waals surface area contributed by atoms with Crippen molar-refractivity contribution in [2.45, 2.75) is 103 Å². The van der Waals surface area contributed by atoms with Gasteiger partial charge in [0.25, 0.3) is 0 Å². The normalized spacial score (nSPS) is 17.4. The minimum Gasteiger partial charge on any atom is -0.378 e. The summed E-state index contributed by atoms with van der Waals surface area (Å²) in [4.78, 5) is 0. The van der Waals surface area contributed by atoms with Gasteiger partial charge in [-0.25, -0.2) is 13.2 Å². The summed E-state index contributed by atoms with van der Waals surface area (Å²) in [5.74, 6) is -1.69. The Hall–Kier alpha value is -2.85. The predicted molar refractivity (Wildman–Crippen MR) is 165 cm³/mol. The summed E-state index contributed by atoms with van der Waals surface area (Å²) in [6.07, 6.45) is 17.3. The van der Waals surface area contributed by atoms with Gasteiger partial charge in [0.15, 0.2) is 11.6 Å². The van der Waals surface area contributed by atoms with Crippen LogP contribution in [0, 0.1) is 17.5 Å². The van der Waals surface area contributed by atoms with Gasteiger partial charge in [0.05, 0.1) is 12.7 Å². The molecule has 0 saturated carbocycles. The van der Waals surface area contributed by atoms with Crippen LogP contribution >= 0.6 is 0 Å². The lowest BCUT2D eigenvalue weighted by Crippen LogP contribution is -2.24. The third-order valence-corrected chi connectivity index (χ3v) is 8.37. The van der Waals surface area contributed by atoms with Crippen LogP contribution in [-0.4, -0.2) is 12.7 Å². The van der Waals surface area contributed by atoms with E-state index in [0.717, 1.165) is 31.2 Å². The van der Waals surface area contributed by atoms with E-state index in [2.05, 4.69) is 6.92 Å². The van der Waals surface area contributed by atoms with E-state index in [9.17, 15) is 8.78 Å². The summed E-state index contributed by atoms with van der Waals surface area (Å²) < 4.78 is 51.0. The van der Waals surface area contributed by atoms with E-state index < -0.39 is 11.6 Å². The summed E-state index contributed by atoms with van der Waals surface area (Å²) >= 11 is 0. The Labute approximate surface area is 244 Å². The fourth-order valence-corrected chi connectivity index (χ4v) is 5.83. The van der Waals surface area contributed by atoms with E-state index in [1.54, 1.807) is 42.5 Å². The zero-order valence-corrected chi connectivity index (χ0v) is 24.7. The van der Waals surface area contributed by atoms with Crippen molar-refractivity contribution in [2.24, 2.45) is 0 Å². The standard InChI is InChI=1S/C37H45F3O/c1-3-5-7-9-10-12-14-32-22-19-31(26-41-32)30-21-23-33(35(38)25-30)27-15-17-28(18-16-27)34-24-20-29(36(39)37(34)40)13-11-8-6-4-2/h6,8,15-18,20-21,23-25,31-32H,3-5,7,9-14,19,22,26H2,1-2H3/b8-6+. The van der Waals surface area contributed by atoms with Crippen LogP contribution < -0.4 is 0 Å². The zero-order chi connectivity index (χ0) is 29.0. The van der Waals surface area contributed by atoms with Crippen molar-refractivity contribution in [3.05, 3.63) is 95.3 Å². The molecule has 0 aliphatic carbocycles. The van der Waals surface area contributed by atoms with Gasteiger partial charge in [-0.1, -0.05) is 113 Å². The lowest BCUT2D eigenvalue weighted by Gasteiger charge is -2.29. The molecule has 1 heterocycles. The number of aryl methyl sites for hydroxylation is 1. The maximum Gasteiger partial charge on any atom is 0.166 e. The molecule has 3 aromatic rings. The Kier molecular flexibility index (Phi) is 12.1. The van der Waals surface area contributed by atoms with Crippen molar-refractivity contribution in [2.75, 3.05) is 6.61 Å². The van der Waals surface area contributed by atoms with Crippen LogP contribution in [0.2, 0.25) is 0 Å². The van der Waals surface area contributed by atoms with E-state index >= 15 is 4.39 Å². The fraction of sp³-hybridized carbons (Fsp3) is 0.459. The SMILES string of the molecule is CC/C=C/CCc1ccc(-c2ccc(-c3ccc(C4CCC(CCCCCCCC)OC4)cc3F)cc2)c(F)c1F. The second kappa shape index (κ2) is 16.0. The van der Waals surface area contributed by atoms with Gasteiger partial charge in [-0.05, 0) is 66.8 Å². The highest BCUT2D eigenvalue weighted by molar-refractivity contribution is 5.71. The largest absolute Gasteiger partial charge is 0.378 e. The molecule has 3 aromatic carbocycles. The third-order valence-electron chi connectivity index (χ3n) is 8.37. The molecule has 0 aromatic heterocycles. The van der Waals surface area contributed by atoms with E-state index in [0.29, 0.717) is 47.8 Å². The molecular formula is C37H45F3O. The zero-order valence-electron chi connectivity index (χ0n) is 24.7. The number of hydrogen-bond donors (Lipinski definition) is 0. The molecule has 4 rings (SSSR count). The molecule has 2 unspecified atom stereocenters. The summed E-state index contributed by atoms with van der Waals surface area (Å²) in [5.41, 5.74) is 3.34. The number of unbranched alkanes of at least 4 members (excludes halogenated alkanes) is 5. The Balaban J connectivity index is 1.34. The Morgan fingerprint density at radius 1 is 0.756 bits per heavy atom. The number of allylic oxidation sites excluding steroid dienone is 2. The maximum atomic E-state index is 15.2. The van der Waals surface area contributed by atoms with Crippen LogP contribution in [0.4, 0.5) is 13.2 Å². The van der Waals surface area contributed by atoms with Gasteiger partial charge in [-0.3, -0.25) is 0 Å². The number of rotatable bonds is 14. The molecule has 4 heteroatoms. The van der Waals surface area contributed by atoms with Crippen LogP contribution in [0.1, 0.15) is 102 Å². The van der Waals surface area contributed by atoms with Crippen LogP contribution in [0.5, 0.6) is 0 Å². The van der Waals surface area contributed by atoms with Crippen molar-refractivity contribution >= 4 is 0 Å². The number of ether oxygens (including phenoxy) is 1. The molecule has 1 aliphatic rings. The average molecular weight is 563 g/mol. The highest BCUT2D eigenvalue weighted by atomic mass is 19.2. The van der Waals surface area contributed by atoms with E-state index in [-0.39, 0.29) is 17.3 Å². The Morgan fingerprint density at radius 3 is 2.15 bits per heavy atom. The molecule has 0 amide bonds. The smallest absolute Gasteiger partial charge is 0.166 e. The molecule has 0 N–H and O–H groups in total. The second-order valence-corrected chi connectivity index (χ2v) is 11.4. The first-order valence-corrected chi connectivity index (χ1v) is 15.7. The third kappa shape index (κ3) is 8.58. The van der Waals surface area contributed by atoms with Crippen molar-refractivity contribution in [3.63, 3.8) is 0 Å². The molecule has 0 radical (unpaired) electrons. The predicted octanol–water partition coefficient (Wildman–Crippen LogP) is 11.3. The van der Waals surface area contributed by atoms with Gasteiger partial charge >= 0.3 is 0 Å². The van der Waals surface area contributed by atoms with E-state index in [4.69, 9.17) is 4.74 Å². The first-order valence-electron chi connectivity index (χ1n) is 15.7. The highest BCUT2D eigenvalue weighted by Gasteiger charge is 2.23. The van der Waals surface area contributed by atoms with Crippen molar-refractivity contribution in [1.29, 1.82) is 0 Å². The van der Waals surface area contributed by atoms with Crippen LogP contribution in [0.25, 0.3) is 22.3 Å². The Morgan fingerprint density at radius 2 is 1.46 bits per heavy atom. The molecule has 1 aliphatic heterocycles. The maximum absolute atomic E-state index is 15.2. The average Bonchev–Trinajstić information content (AvgIpc) is 3.00. The lowest BCUT2D eigenvalue weighted by molar-refractivity contribution is -0.00217. The number of benzene rings is 3. The first-order chi connectivity index (χ1) is 20.0. The number of halogens is 3. The van der Waals surface area contributed by atoms with E-state index in [1.165, 1.54) is 38.5 Å². The molecule has 0 spiro atoms. The molecule has 0 bridgehead atoms. The topological polar surface area (TPSA) is 9.23 Å². The minimum atomic E-state index is -0.839. The van der Waals surface area contributed by atoms with Gasteiger partial charge < -0.3 is 4.74 Å². The van der Waals surface area contributed by atoms with Crippen LogP contribution in [0.3, 0.4) is 0 Å². The highest BCUT2D eigenvalue weighted by Crippen LogP contribution is 2.34. The van der Waals surface area contributed by atoms with Gasteiger partial charge in [-0.15, -0.1) is 0 Å². The van der Waals surface area contributed by atoms with Gasteiger partial charge in [0.2, 0.25) is 0 Å². The quantitative estimate of drug-likeness (QED) is 0.140. The molecule has 2 atom stereocenters. The first kappa shape index (κ1) is 31.1. The van der Waals surface area contributed by atoms with Gasteiger partial charge in [-0.2, -0.15) is 0 Å². The summed E-state index contributed by atoms with van der Waals surface area (Å²) in [7, 11) is 0. The fourth-order valence-electron chi connectivity index (χ4n) is 5.83. The van der Waals surface area contributed by atoms with Crippen molar-refractivity contribution in [1.82, 2.24) is 0 Å². The molecular weight excluding hydrogens is 517 g/mol. The number of hydrogen-bond acceptors (Lipinski definition) is 1. The summed E-state index contributed by atoms with van der Waals surface area (Å²) in [6.45, 7) is 4.92. The molecule has 1 nitrogen and oxygen atoms in total. The molecule has 220 valence electrons. The lowest BCUT2D eigenvalue weighted by atomic mass is 9.89. The summed E-state index contributed by atoms with van der Waals surface area (Å²) in [6, 6.07) is 15.7.